The molecule has 1 aromatic heterocycles. The Hall–Kier alpha value is -1.78. The number of halogens is 2. The summed E-state index contributed by atoms with van der Waals surface area (Å²) in [5.41, 5.74) is 1.53. The maximum Gasteiger partial charge on any atom is 0.253 e. The number of carbonyl (C=O) groups excluding carboxylic acids is 1. The molecule has 0 saturated carbocycles. The second-order valence-corrected chi connectivity index (χ2v) is 6.26. The molecule has 0 atom stereocenters. The Balaban J connectivity index is 1.74. The number of carbonyl (C=O) groups is 1. The van der Waals surface area contributed by atoms with Crippen LogP contribution in [0.2, 0.25) is 10.0 Å². The van der Waals surface area contributed by atoms with E-state index in [1.807, 2.05) is 35.2 Å². The van der Waals surface area contributed by atoms with Gasteiger partial charge in [0, 0.05) is 44.1 Å². The second kappa shape index (κ2) is 7.20. The van der Waals surface area contributed by atoms with Crippen molar-refractivity contribution in [1.82, 2.24) is 9.88 Å². The van der Waals surface area contributed by atoms with Gasteiger partial charge in [0.1, 0.15) is 0 Å². The van der Waals surface area contributed by atoms with Crippen LogP contribution in [0.25, 0.3) is 0 Å². The molecule has 2 heterocycles. The van der Waals surface area contributed by atoms with E-state index in [0.717, 1.165) is 30.8 Å². The van der Waals surface area contributed by atoms with E-state index in [4.69, 9.17) is 23.2 Å². The number of rotatable bonds is 2. The van der Waals surface area contributed by atoms with Crippen molar-refractivity contribution in [2.45, 2.75) is 6.42 Å². The van der Waals surface area contributed by atoms with Crippen LogP contribution in [0.15, 0.2) is 42.7 Å². The highest BCUT2D eigenvalue weighted by molar-refractivity contribution is 6.38. The first-order valence-electron chi connectivity index (χ1n) is 7.55. The maximum atomic E-state index is 12.6. The summed E-state index contributed by atoms with van der Waals surface area (Å²) >= 11 is 12.5. The number of nitrogens with zero attached hydrogens (tertiary/aromatic N) is 3. The summed E-state index contributed by atoms with van der Waals surface area (Å²) in [6.07, 6.45) is 4.06. The average molecular weight is 350 g/mol. The van der Waals surface area contributed by atoms with Crippen molar-refractivity contribution >= 4 is 34.8 Å². The highest BCUT2D eigenvalue weighted by Gasteiger charge is 2.22. The highest BCUT2D eigenvalue weighted by Crippen LogP contribution is 2.33. The van der Waals surface area contributed by atoms with Gasteiger partial charge in [0.2, 0.25) is 0 Å². The molecule has 0 radical (unpaired) electrons. The highest BCUT2D eigenvalue weighted by atomic mass is 35.5. The summed E-state index contributed by atoms with van der Waals surface area (Å²) in [6.45, 7) is 2.87. The summed E-state index contributed by atoms with van der Waals surface area (Å²) < 4.78 is 0. The Morgan fingerprint density at radius 1 is 0.957 bits per heavy atom. The third kappa shape index (κ3) is 3.59. The second-order valence-electron chi connectivity index (χ2n) is 5.45. The van der Waals surface area contributed by atoms with Gasteiger partial charge in [0.05, 0.1) is 15.7 Å². The molecule has 0 aliphatic carbocycles. The molecule has 1 fully saturated rings. The van der Waals surface area contributed by atoms with Gasteiger partial charge in [0.15, 0.2) is 0 Å². The molecular weight excluding hydrogens is 333 g/mol. The van der Waals surface area contributed by atoms with Crippen LogP contribution in [0.4, 0.5) is 5.69 Å². The van der Waals surface area contributed by atoms with E-state index < -0.39 is 0 Å². The van der Waals surface area contributed by atoms with Gasteiger partial charge in [-0.3, -0.25) is 9.78 Å². The number of anilines is 1. The molecule has 1 aliphatic rings. The molecule has 1 amide bonds. The molecule has 0 N–H and O–H groups in total. The summed E-state index contributed by atoms with van der Waals surface area (Å²) in [4.78, 5) is 20.6. The predicted octanol–water partition coefficient (Wildman–Crippen LogP) is 3.74. The van der Waals surface area contributed by atoms with Crippen LogP contribution in [0, 0.1) is 0 Å². The van der Waals surface area contributed by atoms with Crippen molar-refractivity contribution in [1.29, 1.82) is 0 Å². The molecule has 1 aromatic carbocycles. The molecule has 23 heavy (non-hydrogen) atoms. The van der Waals surface area contributed by atoms with Gasteiger partial charge < -0.3 is 9.80 Å². The van der Waals surface area contributed by atoms with E-state index in [9.17, 15) is 4.79 Å². The predicted molar refractivity (Wildman–Crippen MR) is 93.4 cm³/mol. The van der Waals surface area contributed by atoms with Crippen molar-refractivity contribution < 1.29 is 4.79 Å². The first-order valence-corrected chi connectivity index (χ1v) is 8.30. The lowest BCUT2D eigenvalue weighted by atomic mass is 10.2. The van der Waals surface area contributed by atoms with Gasteiger partial charge in [-0.25, -0.2) is 0 Å². The Labute approximate surface area is 145 Å². The zero-order valence-electron chi connectivity index (χ0n) is 12.6. The molecule has 120 valence electrons. The number of amides is 1. The lowest BCUT2D eigenvalue weighted by Gasteiger charge is -2.25. The standard InChI is InChI=1S/C17H17Cl2N3O/c18-14-11-20-12-15(19)16(14)21-7-4-8-22(10-9-21)17(23)13-5-2-1-3-6-13/h1-3,5-6,11-12H,4,7-10H2. The molecule has 0 spiro atoms. The summed E-state index contributed by atoms with van der Waals surface area (Å²) in [6, 6.07) is 9.37. The van der Waals surface area contributed by atoms with E-state index in [1.54, 1.807) is 12.4 Å². The van der Waals surface area contributed by atoms with Gasteiger partial charge in [-0.15, -0.1) is 0 Å². The lowest BCUT2D eigenvalue weighted by Crippen LogP contribution is -2.35. The third-order valence-corrected chi connectivity index (χ3v) is 4.50. The van der Waals surface area contributed by atoms with Crippen LogP contribution in [0.3, 0.4) is 0 Å². The first-order chi connectivity index (χ1) is 11.2. The molecule has 6 heteroatoms. The van der Waals surface area contributed by atoms with E-state index in [0.29, 0.717) is 23.1 Å². The largest absolute Gasteiger partial charge is 0.367 e. The molecule has 1 saturated heterocycles. The van der Waals surface area contributed by atoms with Gasteiger partial charge in [-0.05, 0) is 18.6 Å². The van der Waals surface area contributed by atoms with Crippen molar-refractivity contribution in [2.24, 2.45) is 0 Å². The summed E-state index contributed by atoms with van der Waals surface area (Å²) in [5.74, 6) is 0.0689. The smallest absolute Gasteiger partial charge is 0.253 e. The van der Waals surface area contributed by atoms with Crippen molar-refractivity contribution in [2.75, 3.05) is 31.1 Å². The van der Waals surface area contributed by atoms with E-state index >= 15 is 0 Å². The fraction of sp³-hybridized carbons (Fsp3) is 0.294. The zero-order chi connectivity index (χ0) is 16.2. The van der Waals surface area contributed by atoms with Crippen molar-refractivity contribution in [3.05, 3.63) is 58.3 Å². The zero-order valence-corrected chi connectivity index (χ0v) is 14.1. The minimum atomic E-state index is 0.0689. The molecule has 4 nitrogen and oxygen atoms in total. The van der Waals surface area contributed by atoms with E-state index in [-0.39, 0.29) is 5.91 Å². The van der Waals surface area contributed by atoms with Crippen LogP contribution in [0.1, 0.15) is 16.8 Å². The first kappa shape index (κ1) is 16.1. The van der Waals surface area contributed by atoms with Crippen LogP contribution in [0.5, 0.6) is 0 Å². The SMILES string of the molecule is O=C(c1ccccc1)N1CCCN(c2c(Cl)cncc2Cl)CC1. The number of hydrogen-bond acceptors (Lipinski definition) is 3. The molecule has 3 rings (SSSR count). The molecular formula is C17H17Cl2N3O. The van der Waals surface area contributed by atoms with E-state index in [1.165, 1.54) is 0 Å². The van der Waals surface area contributed by atoms with Gasteiger partial charge in [-0.2, -0.15) is 0 Å². The number of hydrogen-bond donors (Lipinski definition) is 0. The topological polar surface area (TPSA) is 36.4 Å². The normalized spacial score (nSPS) is 15.4. The van der Waals surface area contributed by atoms with Gasteiger partial charge >= 0.3 is 0 Å². The van der Waals surface area contributed by atoms with E-state index in [2.05, 4.69) is 9.88 Å². The summed E-state index contributed by atoms with van der Waals surface area (Å²) in [5, 5.41) is 1.08. The lowest BCUT2D eigenvalue weighted by molar-refractivity contribution is 0.0767. The maximum absolute atomic E-state index is 12.6. The van der Waals surface area contributed by atoms with Crippen LogP contribution >= 0.6 is 23.2 Å². The van der Waals surface area contributed by atoms with Crippen molar-refractivity contribution in [3.63, 3.8) is 0 Å². The Morgan fingerprint density at radius 2 is 1.65 bits per heavy atom. The fourth-order valence-corrected chi connectivity index (χ4v) is 3.42. The molecule has 0 bridgehead atoms. The average Bonchev–Trinajstić information content (AvgIpc) is 2.81. The molecule has 2 aromatic rings. The number of pyridine rings is 1. The minimum absolute atomic E-state index is 0.0689. The minimum Gasteiger partial charge on any atom is -0.367 e. The Kier molecular flexibility index (Phi) is 5.03. The quantitative estimate of drug-likeness (QED) is 0.828. The molecule has 0 unspecified atom stereocenters. The number of benzene rings is 1. The van der Waals surface area contributed by atoms with Gasteiger partial charge in [0.25, 0.3) is 5.91 Å². The van der Waals surface area contributed by atoms with Crippen LogP contribution in [-0.4, -0.2) is 42.0 Å². The number of aromatic nitrogens is 1. The summed E-state index contributed by atoms with van der Waals surface area (Å²) in [7, 11) is 0. The molecule has 1 aliphatic heterocycles. The Bertz CT molecular complexity index is 673. The van der Waals surface area contributed by atoms with Crippen molar-refractivity contribution in [3.8, 4) is 0 Å². The monoisotopic (exact) mass is 349 g/mol. The Morgan fingerprint density at radius 3 is 2.35 bits per heavy atom. The fourth-order valence-electron chi connectivity index (χ4n) is 2.81. The van der Waals surface area contributed by atoms with Crippen LogP contribution in [-0.2, 0) is 0 Å². The van der Waals surface area contributed by atoms with Crippen LogP contribution < -0.4 is 4.90 Å². The third-order valence-electron chi connectivity index (χ3n) is 3.95. The van der Waals surface area contributed by atoms with Gasteiger partial charge in [-0.1, -0.05) is 41.4 Å².